The molecule has 112 valence electrons. The summed E-state index contributed by atoms with van der Waals surface area (Å²) in [6.45, 7) is 0.862. The highest BCUT2D eigenvalue weighted by atomic mass is 35.5. The summed E-state index contributed by atoms with van der Waals surface area (Å²) in [6, 6.07) is 9.87. The quantitative estimate of drug-likeness (QED) is 0.910. The second kappa shape index (κ2) is 6.93. The van der Waals surface area contributed by atoms with Gasteiger partial charge in [-0.3, -0.25) is 9.69 Å². The van der Waals surface area contributed by atoms with Crippen molar-refractivity contribution in [3.8, 4) is 6.07 Å². The molecule has 1 aromatic rings. The average Bonchev–Trinajstić information content (AvgIpc) is 2.90. The number of nitrogens with one attached hydrogen (secondary N) is 1. The molecule has 1 aliphatic rings. The van der Waals surface area contributed by atoms with Gasteiger partial charge in [-0.25, -0.2) is 0 Å². The molecular formula is C16H20ClN3O. The summed E-state index contributed by atoms with van der Waals surface area (Å²) in [7, 11) is 1.87. The van der Waals surface area contributed by atoms with E-state index < -0.39 is 5.54 Å². The molecule has 1 amide bonds. The Morgan fingerprint density at radius 2 is 2.10 bits per heavy atom. The first kappa shape index (κ1) is 15.8. The Hall–Kier alpha value is -1.57. The zero-order valence-corrected chi connectivity index (χ0v) is 13.0. The zero-order chi connectivity index (χ0) is 15.3. The smallest absolute Gasteiger partial charge is 0.235 e. The minimum absolute atomic E-state index is 0.104. The third-order valence-corrected chi connectivity index (χ3v) is 4.23. The molecule has 0 bridgehead atoms. The van der Waals surface area contributed by atoms with E-state index in [0.29, 0.717) is 11.6 Å². The normalized spacial score (nSPS) is 16.7. The van der Waals surface area contributed by atoms with Gasteiger partial charge in [-0.15, -0.1) is 0 Å². The molecule has 1 fully saturated rings. The predicted molar refractivity (Wildman–Crippen MR) is 82.7 cm³/mol. The molecule has 0 heterocycles. The van der Waals surface area contributed by atoms with Gasteiger partial charge in [0.05, 0.1) is 12.6 Å². The summed E-state index contributed by atoms with van der Waals surface area (Å²) < 4.78 is 0. The van der Waals surface area contributed by atoms with E-state index in [4.69, 9.17) is 11.6 Å². The van der Waals surface area contributed by atoms with Crippen LogP contribution in [-0.4, -0.2) is 29.9 Å². The summed E-state index contributed by atoms with van der Waals surface area (Å²) in [4.78, 5) is 14.0. The molecule has 0 aromatic heterocycles. The number of benzene rings is 1. The molecule has 0 aliphatic heterocycles. The number of likely N-dealkylation sites (N-methyl/N-ethyl adjacent to an activating group) is 1. The van der Waals surface area contributed by atoms with Gasteiger partial charge >= 0.3 is 0 Å². The largest absolute Gasteiger partial charge is 0.337 e. The van der Waals surface area contributed by atoms with Gasteiger partial charge in [0.2, 0.25) is 5.91 Å². The van der Waals surface area contributed by atoms with E-state index in [-0.39, 0.29) is 12.5 Å². The number of amides is 1. The fourth-order valence-electron chi connectivity index (χ4n) is 2.77. The van der Waals surface area contributed by atoms with Gasteiger partial charge in [0, 0.05) is 11.6 Å². The lowest BCUT2D eigenvalue weighted by molar-refractivity contribution is -0.123. The van der Waals surface area contributed by atoms with Gasteiger partial charge in [-0.05, 0) is 44.4 Å². The maximum absolute atomic E-state index is 12.1. The molecule has 2 rings (SSSR count). The van der Waals surface area contributed by atoms with Crippen LogP contribution in [0.5, 0.6) is 0 Å². The van der Waals surface area contributed by atoms with Crippen LogP contribution in [0.15, 0.2) is 24.3 Å². The first-order valence-corrected chi connectivity index (χ1v) is 7.57. The summed E-state index contributed by atoms with van der Waals surface area (Å²) in [5.74, 6) is -0.104. The Balaban J connectivity index is 1.88. The van der Waals surface area contributed by atoms with E-state index >= 15 is 0 Å². The van der Waals surface area contributed by atoms with E-state index in [1.807, 2.05) is 36.2 Å². The number of carbonyl (C=O) groups is 1. The summed E-state index contributed by atoms with van der Waals surface area (Å²) in [6.07, 6.45) is 3.51. The second-order valence-electron chi connectivity index (χ2n) is 5.71. The van der Waals surface area contributed by atoms with Crippen LogP contribution < -0.4 is 5.32 Å². The van der Waals surface area contributed by atoms with Crippen molar-refractivity contribution < 1.29 is 4.79 Å². The van der Waals surface area contributed by atoms with Crippen LogP contribution in [0.3, 0.4) is 0 Å². The van der Waals surface area contributed by atoms with Crippen molar-refractivity contribution in [3.05, 3.63) is 34.9 Å². The van der Waals surface area contributed by atoms with E-state index in [2.05, 4.69) is 11.4 Å². The first-order valence-electron chi connectivity index (χ1n) is 7.19. The maximum atomic E-state index is 12.1. The standard InChI is InChI=1S/C16H20ClN3O/c1-20(10-13-6-2-3-7-14(13)17)11-15(21)19-16(12-18)8-4-5-9-16/h2-3,6-7H,4-5,8-11H2,1H3,(H,19,21). The van der Waals surface area contributed by atoms with Crippen molar-refractivity contribution in [3.63, 3.8) is 0 Å². The molecular weight excluding hydrogens is 286 g/mol. The number of halogens is 1. The molecule has 0 unspecified atom stereocenters. The lowest BCUT2D eigenvalue weighted by Gasteiger charge is -2.24. The molecule has 4 nitrogen and oxygen atoms in total. The number of nitrogens with zero attached hydrogens (tertiary/aromatic N) is 2. The molecule has 1 N–H and O–H groups in total. The van der Waals surface area contributed by atoms with Gasteiger partial charge in [-0.1, -0.05) is 29.8 Å². The van der Waals surface area contributed by atoms with Crippen molar-refractivity contribution in [1.82, 2.24) is 10.2 Å². The van der Waals surface area contributed by atoms with Crippen LogP contribution in [-0.2, 0) is 11.3 Å². The lowest BCUT2D eigenvalue weighted by atomic mass is 10.00. The van der Waals surface area contributed by atoms with Crippen molar-refractivity contribution >= 4 is 17.5 Å². The van der Waals surface area contributed by atoms with Gasteiger partial charge in [-0.2, -0.15) is 5.26 Å². The Morgan fingerprint density at radius 3 is 2.71 bits per heavy atom. The van der Waals surface area contributed by atoms with E-state index in [9.17, 15) is 10.1 Å². The minimum Gasteiger partial charge on any atom is -0.337 e. The number of hydrogen-bond acceptors (Lipinski definition) is 3. The highest BCUT2D eigenvalue weighted by molar-refractivity contribution is 6.31. The Bertz CT molecular complexity index is 547. The third kappa shape index (κ3) is 4.20. The van der Waals surface area contributed by atoms with Crippen molar-refractivity contribution in [1.29, 1.82) is 5.26 Å². The van der Waals surface area contributed by atoms with E-state index in [0.717, 1.165) is 31.2 Å². The van der Waals surface area contributed by atoms with E-state index in [1.165, 1.54) is 0 Å². The summed E-state index contributed by atoms with van der Waals surface area (Å²) in [5.41, 5.74) is 0.341. The summed E-state index contributed by atoms with van der Waals surface area (Å²) >= 11 is 6.12. The fraction of sp³-hybridized carbons (Fsp3) is 0.500. The van der Waals surface area contributed by atoms with Crippen molar-refractivity contribution in [2.75, 3.05) is 13.6 Å². The maximum Gasteiger partial charge on any atom is 0.235 e. The van der Waals surface area contributed by atoms with E-state index in [1.54, 1.807) is 0 Å². The number of rotatable bonds is 5. The SMILES string of the molecule is CN(CC(=O)NC1(C#N)CCCC1)Cc1ccccc1Cl. The Labute approximate surface area is 130 Å². The van der Waals surface area contributed by atoms with Crippen molar-refractivity contribution in [2.24, 2.45) is 0 Å². The van der Waals surface area contributed by atoms with Crippen LogP contribution in [0.2, 0.25) is 5.02 Å². The lowest BCUT2D eigenvalue weighted by Crippen LogP contribution is -2.48. The minimum atomic E-state index is -0.650. The van der Waals surface area contributed by atoms with Gasteiger partial charge in [0.1, 0.15) is 5.54 Å². The van der Waals surface area contributed by atoms with Crippen LogP contribution in [0.4, 0.5) is 0 Å². The highest BCUT2D eigenvalue weighted by Crippen LogP contribution is 2.28. The monoisotopic (exact) mass is 305 g/mol. The molecule has 0 radical (unpaired) electrons. The fourth-order valence-corrected chi connectivity index (χ4v) is 2.96. The van der Waals surface area contributed by atoms with Crippen LogP contribution in [0, 0.1) is 11.3 Å². The second-order valence-corrected chi connectivity index (χ2v) is 6.12. The van der Waals surface area contributed by atoms with Crippen LogP contribution >= 0.6 is 11.6 Å². The predicted octanol–water partition coefficient (Wildman–Crippen LogP) is 2.72. The zero-order valence-electron chi connectivity index (χ0n) is 12.2. The van der Waals surface area contributed by atoms with Gasteiger partial charge < -0.3 is 5.32 Å². The molecule has 0 saturated heterocycles. The Morgan fingerprint density at radius 1 is 1.43 bits per heavy atom. The molecule has 1 saturated carbocycles. The molecule has 21 heavy (non-hydrogen) atoms. The highest BCUT2D eigenvalue weighted by Gasteiger charge is 2.35. The number of nitriles is 1. The molecule has 1 aromatic carbocycles. The number of carbonyl (C=O) groups excluding carboxylic acids is 1. The van der Waals surface area contributed by atoms with Crippen LogP contribution in [0.25, 0.3) is 0 Å². The molecule has 0 spiro atoms. The summed E-state index contributed by atoms with van der Waals surface area (Å²) in [5, 5.41) is 12.9. The topological polar surface area (TPSA) is 56.1 Å². The van der Waals surface area contributed by atoms with Gasteiger partial charge in [0.25, 0.3) is 0 Å². The van der Waals surface area contributed by atoms with Crippen LogP contribution in [0.1, 0.15) is 31.2 Å². The molecule has 0 atom stereocenters. The number of hydrogen-bond donors (Lipinski definition) is 1. The average molecular weight is 306 g/mol. The third-order valence-electron chi connectivity index (χ3n) is 3.86. The molecule has 5 heteroatoms. The van der Waals surface area contributed by atoms with Gasteiger partial charge in [0.15, 0.2) is 0 Å². The van der Waals surface area contributed by atoms with Crippen molar-refractivity contribution in [2.45, 2.75) is 37.8 Å². The Kier molecular flexibility index (Phi) is 5.22. The molecule has 1 aliphatic carbocycles. The first-order chi connectivity index (χ1) is 10.0.